The monoisotopic (exact) mass is 567 g/mol. The summed E-state index contributed by atoms with van der Waals surface area (Å²) < 4.78 is 31.6. The van der Waals surface area contributed by atoms with Gasteiger partial charge in [-0.25, -0.2) is 8.78 Å². The van der Waals surface area contributed by atoms with Crippen LogP contribution in [-0.4, -0.2) is 78.9 Å². The molecule has 0 saturated carbocycles. The quantitative estimate of drug-likeness (QED) is 0.256. The molecule has 0 atom stereocenters. The van der Waals surface area contributed by atoms with E-state index >= 15 is 0 Å². The van der Waals surface area contributed by atoms with E-state index in [0.29, 0.717) is 37.3 Å². The van der Waals surface area contributed by atoms with E-state index < -0.39 is 11.8 Å². The Kier molecular flexibility index (Phi) is 12.2. The molecule has 0 aliphatic heterocycles. The fraction of sp³-hybridized carbons (Fsp3) is 0.333. The maximum absolute atomic E-state index is 13.3. The second kappa shape index (κ2) is 16.0. The van der Waals surface area contributed by atoms with E-state index in [2.05, 4.69) is 10.3 Å². The van der Waals surface area contributed by atoms with Crippen LogP contribution in [-0.2, 0) is 33.6 Å². The predicted octanol–water partition coefficient (Wildman–Crippen LogP) is 2.13. The molecule has 3 amide bonds. The fourth-order valence-electron chi connectivity index (χ4n) is 4.07. The van der Waals surface area contributed by atoms with Crippen molar-refractivity contribution in [3.05, 3.63) is 95.3 Å². The van der Waals surface area contributed by atoms with Crippen LogP contribution in [0.5, 0.6) is 5.75 Å². The first-order valence-electron chi connectivity index (χ1n) is 13.3. The number of halogens is 2. The summed E-state index contributed by atoms with van der Waals surface area (Å²) in [6.07, 6.45) is 2.93. The van der Waals surface area contributed by atoms with Gasteiger partial charge < -0.3 is 25.6 Å². The highest BCUT2D eigenvalue weighted by Gasteiger charge is 2.22. The van der Waals surface area contributed by atoms with Gasteiger partial charge in [0.1, 0.15) is 17.4 Å². The van der Waals surface area contributed by atoms with Gasteiger partial charge in [0.05, 0.1) is 32.9 Å². The molecule has 11 heteroatoms. The van der Waals surface area contributed by atoms with E-state index in [0.717, 1.165) is 11.1 Å². The van der Waals surface area contributed by atoms with Crippen LogP contribution in [0.25, 0.3) is 0 Å². The summed E-state index contributed by atoms with van der Waals surface area (Å²) in [5, 5.41) is 3.07. The van der Waals surface area contributed by atoms with Crippen molar-refractivity contribution in [3.8, 4) is 5.75 Å². The molecule has 0 bridgehead atoms. The predicted molar refractivity (Wildman–Crippen MR) is 150 cm³/mol. The van der Waals surface area contributed by atoms with Crippen molar-refractivity contribution in [3.63, 3.8) is 0 Å². The van der Waals surface area contributed by atoms with Crippen molar-refractivity contribution in [1.29, 1.82) is 0 Å². The number of pyridine rings is 1. The van der Waals surface area contributed by atoms with Crippen molar-refractivity contribution in [2.45, 2.75) is 19.3 Å². The highest BCUT2D eigenvalue weighted by molar-refractivity contribution is 5.88. The Morgan fingerprint density at radius 3 is 1.95 bits per heavy atom. The second-order valence-electron chi connectivity index (χ2n) is 9.47. The summed E-state index contributed by atoms with van der Waals surface area (Å²) >= 11 is 0. The van der Waals surface area contributed by atoms with Gasteiger partial charge in [-0.15, -0.1) is 0 Å². The Labute approximate surface area is 238 Å². The van der Waals surface area contributed by atoms with Gasteiger partial charge in [0, 0.05) is 25.2 Å². The van der Waals surface area contributed by atoms with Crippen LogP contribution in [0.1, 0.15) is 16.8 Å². The maximum atomic E-state index is 13.3. The molecule has 1 heterocycles. The number of primary amides is 1. The number of nitrogens with zero attached hydrogens (tertiary/aromatic N) is 3. The molecule has 9 nitrogen and oxygen atoms in total. The van der Waals surface area contributed by atoms with Crippen LogP contribution in [0.3, 0.4) is 0 Å². The normalized spacial score (nSPS) is 10.7. The minimum atomic E-state index is -0.673. The Hall–Kier alpha value is -4.38. The smallest absolute Gasteiger partial charge is 0.242 e. The Morgan fingerprint density at radius 1 is 0.805 bits per heavy atom. The molecule has 218 valence electrons. The number of aromatic nitrogens is 1. The minimum Gasteiger partial charge on any atom is -0.495 e. The molecule has 0 aliphatic carbocycles. The van der Waals surface area contributed by atoms with E-state index in [1.165, 1.54) is 41.2 Å². The molecule has 0 radical (unpaired) electrons. The zero-order chi connectivity index (χ0) is 29.6. The lowest BCUT2D eigenvalue weighted by Crippen LogP contribution is -2.48. The summed E-state index contributed by atoms with van der Waals surface area (Å²) in [5.74, 6) is -1.50. The third-order valence-electron chi connectivity index (χ3n) is 6.41. The van der Waals surface area contributed by atoms with Crippen LogP contribution in [0.2, 0.25) is 0 Å². The average Bonchev–Trinajstić information content (AvgIpc) is 2.97. The van der Waals surface area contributed by atoms with Crippen LogP contribution in [0.4, 0.5) is 8.78 Å². The molecule has 3 aromatic rings. The molecule has 0 saturated heterocycles. The van der Waals surface area contributed by atoms with Crippen LogP contribution >= 0.6 is 0 Å². The van der Waals surface area contributed by atoms with Crippen molar-refractivity contribution >= 4 is 17.7 Å². The number of amides is 3. The molecular weight excluding hydrogens is 532 g/mol. The number of methoxy groups -OCH3 is 1. The molecule has 3 rings (SSSR count). The van der Waals surface area contributed by atoms with Crippen molar-refractivity contribution < 1.29 is 27.9 Å². The maximum Gasteiger partial charge on any atom is 0.242 e. The summed E-state index contributed by atoms with van der Waals surface area (Å²) in [7, 11) is 1.54. The first-order chi connectivity index (χ1) is 19.7. The Morgan fingerprint density at radius 2 is 1.39 bits per heavy atom. The first kappa shape index (κ1) is 31.2. The number of ether oxygens (including phenoxy) is 1. The molecule has 3 N–H and O–H groups in total. The molecule has 0 aliphatic rings. The van der Waals surface area contributed by atoms with Gasteiger partial charge in [-0.2, -0.15) is 0 Å². The zero-order valence-electron chi connectivity index (χ0n) is 23.0. The van der Waals surface area contributed by atoms with Gasteiger partial charge in [-0.3, -0.25) is 19.4 Å². The summed E-state index contributed by atoms with van der Waals surface area (Å²) in [6.45, 7) is 0.272. The summed E-state index contributed by atoms with van der Waals surface area (Å²) in [6, 6.07) is 15.6. The molecule has 2 aromatic carbocycles. The Balaban J connectivity index is 1.63. The highest BCUT2D eigenvalue weighted by Crippen LogP contribution is 2.10. The van der Waals surface area contributed by atoms with Gasteiger partial charge in [0.2, 0.25) is 17.7 Å². The number of rotatable bonds is 16. The second-order valence-corrected chi connectivity index (χ2v) is 9.47. The lowest BCUT2D eigenvalue weighted by molar-refractivity contribution is -0.141. The molecule has 1 aromatic heterocycles. The molecule has 0 unspecified atom stereocenters. The number of hydrogen-bond acceptors (Lipinski definition) is 6. The number of benzene rings is 2. The fourth-order valence-corrected chi connectivity index (χ4v) is 4.07. The minimum absolute atomic E-state index is 0.0243. The van der Waals surface area contributed by atoms with Crippen molar-refractivity contribution in [1.82, 2.24) is 20.1 Å². The van der Waals surface area contributed by atoms with Gasteiger partial charge >= 0.3 is 0 Å². The average molecular weight is 568 g/mol. The zero-order valence-corrected chi connectivity index (χ0v) is 23.0. The van der Waals surface area contributed by atoms with E-state index in [1.807, 2.05) is 0 Å². The molecule has 41 heavy (non-hydrogen) atoms. The first-order valence-corrected chi connectivity index (χ1v) is 13.3. The number of nitrogens with two attached hydrogens (primary N) is 1. The van der Waals surface area contributed by atoms with Crippen LogP contribution in [0, 0.1) is 11.6 Å². The summed E-state index contributed by atoms with van der Waals surface area (Å²) in [4.78, 5) is 45.2. The van der Waals surface area contributed by atoms with Crippen molar-refractivity contribution in [2.24, 2.45) is 5.73 Å². The topological polar surface area (TPSA) is 118 Å². The van der Waals surface area contributed by atoms with Crippen LogP contribution in [0.15, 0.2) is 66.9 Å². The van der Waals surface area contributed by atoms with Gasteiger partial charge in [0.15, 0.2) is 0 Å². The molecule has 0 spiro atoms. The van der Waals surface area contributed by atoms with Crippen molar-refractivity contribution in [2.75, 3.05) is 46.4 Å². The Bertz CT molecular complexity index is 1270. The lowest BCUT2D eigenvalue weighted by atomic mass is 10.1. The summed E-state index contributed by atoms with van der Waals surface area (Å²) in [5.41, 5.74) is 7.83. The van der Waals surface area contributed by atoms with Gasteiger partial charge in [-0.05, 0) is 66.9 Å². The highest BCUT2D eigenvalue weighted by atomic mass is 19.1. The van der Waals surface area contributed by atoms with E-state index in [1.54, 1.807) is 42.6 Å². The number of nitrogens with one attached hydrogen (secondary N) is 1. The van der Waals surface area contributed by atoms with E-state index in [4.69, 9.17) is 10.5 Å². The van der Waals surface area contributed by atoms with Gasteiger partial charge in [-0.1, -0.05) is 24.3 Å². The lowest BCUT2D eigenvalue weighted by Gasteiger charge is -2.27. The number of carbonyl (C=O) groups is 3. The SMILES string of the molecule is COc1ccc(CCN(CC(N)=O)C(=O)CN(CCc2ccc(F)cc2)C(=O)CNCCc2ccc(F)cc2)nc1. The number of carbonyl (C=O) groups excluding carboxylic acids is 3. The van der Waals surface area contributed by atoms with E-state index in [9.17, 15) is 23.2 Å². The molecule has 0 fully saturated rings. The third-order valence-corrected chi connectivity index (χ3v) is 6.41. The number of hydrogen-bond donors (Lipinski definition) is 2. The molecular formula is C30H35F2N5O4. The third kappa shape index (κ3) is 11.0. The van der Waals surface area contributed by atoms with Gasteiger partial charge in [0.25, 0.3) is 0 Å². The van der Waals surface area contributed by atoms with Crippen LogP contribution < -0.4 is 15.8 Å². The standard InChI is InChI=1S/C30H35F2N5O4/c1-41-27-11-10-26(35-18-27)14-17-36(20-28(33)38)30(40)21-37(16-13-23-4-8-25(32)9-5-23)29(39)19-34-15-12-22-2-6-24(31)7-3-22/h2-11,18,34H,12-17,19-21H2,1H3,(H2,33,38). The van der Waals surface area contributed by atoms with E-state index in [-0.39, 0.29) is 50.3 Å². The largest absolute Gasteiger partial charge is 0.495 e.